The molecule has 0 aromatic heterocycles. The highest BCUT2D eigenvalue weighted by atomic mass is 32.1. The largest absolute Gasteiger partial charge is 0.465 e. The fraction of sp³-hybridized carbons (Fsp3) is 0.649. The number of carbonyl (C=O) groups is 3. The van der Waals surface area contributed by atoms with Gasteiger partial charge in [0.05, 0.1) is 6.61 Å². The van der Waals surface area contributed by atoms with E-state index in [0.29, 0.717) is 31.7 Å². The maximum Gasteiger partial charge on any atom is 0.305 e. The number of ether oxygens (including phenoxy) is 1. The fourth-order valence-electron chi connectivity index (χ4n) is 3.09. The Labute approximate surface area is 272 Å². The number of hydrogen-bond acceptors (Lipinski definition) is 6. The second-order valence-electron chi connectivity index (χ2n) is 10.4. The average Bonchev–Trinajstić information content (AvgIpc) is 3.02. The first-order chi connectivity index (χ1) is 20.7. The molecule has 1 atom stereocenters. The minimum absolute atomic E-state index is 0.184. The molecule has 0 radical (unpaired) electrons. The first-order valence-electron chi connectivity index (χ1n) is 16.2. The van der Waals surface area contributed by atoms with Crippen molar-refractivity contribution in [2.75, 3.05) is 26.5 Å². The van der Waals surface area contributed by atoms with Crippen LogP contribution in [0.2, 0.25) is 0 Å². The third kappa shape index (κ3) is 42.0. The standard InChI is InChI=1S/C26H40O3.C8H17NO.C2H6.CH4S/c1-4-5-6-7-8-9-10-11-12-13-14-15-16-17-18-19-20-21-25(28)29-24-26(2,3)22-23-27;1-4-7(2)8(10)5-6-9-3;2*1-2/h5-6,8-9,11-12,14-15,17-18,23H,4,7,10,13,16,19-22,24H2,1-3H3;7,9H,4-6H2,1-3H3;1-2H3;2H,1H3/b6-5-,9-8-,12-11-,15-14-,18-17-;;;. The first kappa shape index (κ1) is 47.7. The number of thiol groups is 1. The SMILES string of the molecule is CC.CC/C=C\C/C=C\C/C=C\C/C=C\C/C=C\CCCC(=O)OCC(C)(C)CC=O.CCC(C)C(=O)CCNC.CS. The number of allylic oxidation sites excluding steroid dienone is 10. The van der Waals surface area contributed by atoms with Crippen LogP contribution in [0, 0.1) is 11.3 Å². The van der Waals surface area contributed by atoms with Crippen molar-refractivity contribution >= 4 is 30.7 Å². The summed E-state index contributed by atoms with van der Waals surface area (Å²) < 4.78 is 5.24. The second kappa shape index (κ2) is 39.8. The van der Waals surface area contributed by atoms with Gasteiger partial charge < -0.3 is 14.8 Å². The van der Waals surface area contributed by atoms with Crippen molar-refractivity contribution < 1.29 is 19.1 Å². The zero-order valence-corrected chi connectivity index (χ0v) is 30.1. The van der Waals surface area contributed by atoms with Crippen molar-refractivity contribution in [2.24, 2.45) is 11.3 Å². The number of rotatable bonds is 22. The van der Waals surface area contributed by atoms with Gasteiger partial charge >= 0.3 is 5.97 Å². The molecule has 0 aliphatic carbocycles. The summed E-state index contributed by atoms with van der Waals surface area (Å²) in [5, 5.41) is 2.96. The Morgan fingerprint density at radius 3 is 1.70 bits per heavy atom. The molecule has 6 heteroatoms. The zero-order chi connectivity index (χ0) is 33.6. The maximum absolute atomic E-state index is 11.7. The maximum atomic E-state index is 11.7. The lowest BCUT2D eigenvalue weighted by molar-refractivity contribution is -0.147. The van der Waals surface area contributed by atoms with Crippen molar-refractivity contribution in [3.63, 3.8) is 0 Å². The van der Waals surface area contributed by atoms with Gasteiger partial charge in [-0.05, 0) is 64.7 Å². The van der Waals surface area contributed by atoms with E-state index >= 15 is 0 Å². The Balaban J connectivity index is -0.000000453. The molecule has 0 spiro atoms. The van der Waals surface area contributed by atoms with Crippen LogP contribution in [0.25, 0.3) is 0 Å². The van der Waals surface area contributed by atoms with Gasteiger partial charge in [-0.2, -0.15) is 12.6 Å². The van der Waals surface area contributed by atoms with Crippen LogP contribution in [0.15, 0.2) is 60.8 Å². The van der Waals surface area contributed by atoms with Gasteiger partial charge in [0.2, 0.25) is 0 Å². The summed E-state index contributed by atoms with van der Waals surface area (Å²) in [6.45, 7) is 15.1. The zero-order valence-electron chi connectivity index (χ0n) is 29.2. The molecule has 0 aliphatic rings. The van der Waals surface area contributed by atoms with E-state index in [0.717, 1.165) is 64.2 Å². The summed E-state index contributed by atoms with van der Waals surface area (Å²) in [4.78, 5) is 33.3. The van der Waals surface area contributed by atoms with Gasteiger partial charge in [-0.25, -0.2) is 0 Å². The molecule has 1 N–H and O–H groups in total. The molecule has 0 rings (SSSR count). The lowest BCUT2D eigenvalue weighted by atomic mass is 9.91. The Morgan fingerprint density at radius 1 is 0.814 bits per heavy atom. The van der Waals surface area contributed by atoms with E-state index in [2.05, 4.69) is 85.6 Å². The van der Waals surface area contributed by atoms with Crippen LogP contribution in [0.5, 0.6) is 0 Å². The molecular weight excluding hydrogens is 554 g/mol. The van der Waals surface area contributed by atoms with Gasteiger partial charge in [-0.3, -0.25) is 9.59 Å². The van der Waals surface area contributed by atoms with E-state index in [1.165, 1.54) is 0 Å². The normalized spacial score (nSPS) is 12.0. The molecule has 0 saturated carbocycles. The third-order valence-electron chi connectivity index (χ3n) is 5.95. The Bertz CT molecular complexity index is 767. The monoisotopic (exact) mass is 621 g/mol. The van der Waals surface area contributed by atoms with Gasteiger partial charge in [-0.1, -0.05) is 109 Å². The lowest BCUT2D eigenvalue weighted by Crippen LogP contribution is -2.22. The van der Waals surface area contributed by atoms with Crippen LogP contribution < -0.4 is 5.32 Å². The quantitative estimate of drug-likeness (QED) is 0.0414. The van der Waals surface area contributed by atoms with Crippen LogP contribution in [0.4, 0.5) is 0 Å². The molecule has 0 heterocycles. The summed E-state index contributed by atoms with van der Waals surface area (Å²) in [6, 6.07) is 0. The van der Waals surface area contributed by atoms with E-state index in [-0.39, 0.29) is 17.3 Å². The highest BCUT2D eigenvalue weighted by molar-refractivity contribution is 7.79. The average molecular weight is 622 g/mol. The second-order valence-corrected chi connectivity index (χ2v) is 10.4. The first-order valence-corrected chi connectivity index (χ1v) is 17.1. The molecular formula is C37H67NO4S. The van der Waals surface area contributed by atoms with Gasteiger partial charge in [0.15, 0.2) is 0 Å². The number of nitrogens with one attached hydrogen (secondary N) is 1. The van der Waals surface area contributed by atoms with Crippen molar-refractivity contribution in [3.05, 3.63) is 60.8 Å². The van der Waals surface area contributed by atoms with E-state index in [1.807, 2.05) is 48.6 Å². The fourth-order valence-corrected chi connectivity index (χ4v) is 3.09. The lowest BCUT2D eigenvalue weighted by Gasteiger charge is -2.21. The summed E-state index contributed by atoms with van der Waals surface area (Å²) in [5.41, 5.74) is -0.276. The Morgan fingerprint density at radius 2 is 1.28 bits per heavy atom. The predicted octanol–water partition coefficient (Wildman–Crippen LogP) is 9.85. The molecule has 43 heavy (non-hydrogen) atoms. The predicted molar refractivity (Wildman–Crippen MR) is 193 cm³/mol. The third-order valence-corrected chi connectivity index (χ3v) is 5.95. The van der Waals surface area contributed by atoms with E-state index in [1.54, 1.807) is 6.26 Å². The number of esters is 1. The minimum atomic E-state index is -0.276. The molecule has 0 aromatic rings. The van der Waals surface area contributed by atoms with Gasteiger partial charge in [0.25, 0.3) is 0 Å². The van der Waals surface area contributed by atoms with Crippen molar-refractivity contribution in [3.8, 4) is 0 Å². The topological polar surface area (TPSA) is 72.5 Å². The molecule has 0 bridgehead atoms. The highest BCUT2D eigenvalue weighted by Gasteiger charge is 2.19. The van der Waals surface area contributed by atoms with Gasteiger partial charge in [0.1, 0.15) is 12.1 Å². The van der Waals surface area contributed by atoms with Crippen LogP contribution >= 0.6 is 12.6 Å². The molecule has 0 amide bonds. The molecule has 250 valence electrons. The van der Waals surface area contributed by atoms with Gasteiger partial charge in [-0.15, -0.1) is 0 Å². The van der Waals surface area contributed by atoms with Crippen LogP contribution in [0.3, 0.4) is 0 Å². The van der Waals surface area contributed by atoms with Gasteiger partial charge in [0, 0.05) is 37.1 Å². The number of aldehydes is 1. The van der Waals surface area contributed by atoms with Crippen LogP contribution in [0.1, 0.15) is 119 Å². The molecule has 0 aromatic carbocycles. The molecule has 5 nitrogen and oxygen atoms in total. The van der Waals surface area contributed by atoms with Crippen LogP contribution in [-0.4, -0.2) is 44.5 Å². The number of ketones is 1. The highest BCUT2D eigenvalue weighted by Crippen LogP contribution is 2.19. The molecule has 1 unspecified atom stereocenters. The van der Waals surface area contributed by atoms with E-state index < -0.39 is 0 Å². The van der Waals surface area contributed by atoms with Crippen molar-refractivity contribution in [2.45, 2.75) is 119 Å². The Kier molecular flexibility index (Phi) is 44.2. The van der Waals surface area contributed by atoms with Crippen LogP contribution in [-0.2, 0) is 19.1 Å². The Hall–Kier alpha value is -2.18. The summed E-state index contributed by atoms with van der Waals surface area (Å²) in [5.74, 6) is 0.432. The van der Waals surface area contributed by atoms with E-state index in [9.17, 15) is 14.4 Å². The van der Waals surface area contributed by atoms with Crippen molar-refractivity contribution in [1.29, 1.82) is 0 Å². The number of unbranched alkanes of at least 4 members (excludes halogenated alkanes) is 1. The van der Waals surface area contributed by atoms with Crippen molar-refractivity contribution in [1.82, 2.24) is 5.32 Å². The molecule has 0 saturated heterocycles. The summed E-state index contributed by atoms with van der Waals surface area (Å²) in [6.07, 6.45) is 33.4. The summed E-state index contributed by atoms with van der Waals surface area (Å²) in [7, 11) is 1.86. The molecule has 0 fully saturated rings. The number of hydrogen-bond donors (Lipinski definition) is 2. The number of carbonyl (C=O) groups excluding carboxylic acids is 3. The molecule has 0 aliphatic heterocycles. The number of Topliss-reactive ketones (excluding diaryl/α,β-unsaturated/α-hetero) is 1. The summed E-state index contributed by atoms with van der Waals surface area (Å²) >= 11 is 3.53. The smallest absolute Gasteiger partial charge is 0.305 e. The minimum Gasteiger partial charge on any atom is -0.465 e. The van der Waals surface area contributed by atoms with E-state index in [4.69, 9.17) is 4.74 Å².